The van der Waals surface area contributed by atoms with E-state index in [9.17, 15) is 14.0 Å². The molecule has 1 aromatic rings. The Morgan fingerprint density at radius 1 is 1.38 bits per heavy atom. The molecule has 6 heteroatoms. The molecule has 1 amide bonds. The van der Waals surface area contributed by atoms with Crippen molar-refractivity contribution in [3.8, 4) is 5.75 Å². The van der Waals surface area contributed by atoms with Crippen LogP contribution in [0.25, 0.3) is 0 Å². The van der Waals surface area contributed by atoms with E-state index in [-0.39, 0.29) is 30.5 Å². The Balaban J connectivity index is 2.04. The van der Waals surface area contributed by atoms with Crippen molar-refractivity contribution < 1.29 is 18.7 Å². The Morgan fingerprint density at radius 3 is 2.81 bits per heavy atom. The number of carbonyl (C=O) groups excluding carboxylic acids is 2. The van der Waals surface area contributed by atoms with Crippen molar-refractivity contribution in [1.82, 2.24) is 9.80 Å². The van der Waals surface area contributed by atoms with Gasteiger partial charge in [-0.25, -0.2) is 4.39 Å². The summed E-state index contributed by atoms with van der Waals surface area (Å²) in [6.07, 6.45) is 0.826. The molecule has 0 N–H and O–H groups in total. The second kappa shape index (κ2) is 6.67. The van der Waals surface area contributed by atoms with Gasteiger partial charge in [-0.1, -0.05) is 0 Å². The molecule has 1 fully saturated rings. The van der Waals surface area contributed by atoms with E-state index < -0.39 is 5.82 Å². The number of hydrogen-bond donors (Lipinski definition) is 0. The molecule has 5 nitrogen and oxygen atoms in total. The molecule has 0 saturated carbocycles. The summed E-state index contributed by atoms with van der Waals surface area (Å²) in [4.78, 5) is 27.4. The zero-order valence-electron chi connectivity index (χ0n) is 12.3. The van der Waals surface area contributed by atoms with Gasteiger partial charge in [-0.2, -0.15) is 0 Å². The van der Waals surface area contributed by atoms with E-state index in [1.165, 1.54) is 25.3 Å². The number of Topliss-reactive ketones (excluding diaryl/α,β-unsaturated/α-hetero) is 1. The monoisotopic (exact) mass is 294 g/mol. The standard InChI is InChI=1S/C15H19FN2O3/c1-17-6-3-7-18(10-15(17)20)9-13(19)11-4-5-14(21-2)12(16)8-11/h4-5,8H,3,6-7,9-10H2,1-2H3. The molecule has 0 unspecified atom stereocenters. The van der Waals surface area contributed by atoms with E-state index in [1.54, 1.807) is 16.8 Å². The van der Waals surface area contributed by atoms with Crippen LogP contribution in [-0.2, 0) is 4.79 Å². The van der Waals surface area contributed by atoms with Crippen LogP contribution in [-0.4, -0.2) is 61.8 Å². The minimum atomic E-state index is -0.560. The van der Waals surface area contributed by atoms with E-state index in [2.05, 4.69) is 0 Å². The zero-order valence-corrected chi connectivity index (χ0v) is 12.3. The van der Waals surface area contributed by atoms with Crippen molar-refractivity contribution in [3.05, 3.63) is 29.6 Å². The Morgan fingerprint density at radius 2 is 2.14 bits per heavy atom. The molecular weight excluding hydrogens is 275 g/mol. The van der Waals surface area contributed by atoms with Gasteiger partial charge in [0.25, 0.3) is 0 Å². The van der Waals surface area contributed by atoms with Gasteiger partial charge >= 0.3 is 0 Å². The van der Waals surface area contributed by atoms with E-state index in [4.69, 9.17) is 4.74 Å². The minimum absolute atomic E-state index is 0.00112. The first-order valence-electron chi connectivity index (χ1n) is 6.84. The predicted octanol–water partition coefficient (Wildman–Crippen LogP) is 1.18. The highest BCUT2D eigenvalue weighted by molar-refractivity contribution is 5.98. The summed E-state index contributed by atoms with van der Waals surface area (Å²) in [7, 11) is 3.13. The number of halogens is 1. The molecule has 1 saturated heterocycles. The molecule has 1 aliphatic heterocycles. The SMILES string of the molecule is COc1ccc(C(=O)CN2CCCN(C)C(=O)C2)cc1F. The molecule has 1 heterocycles. The Kier molecular flexibility index (Phi) is 4.90. The second-order valence-electron chi connectivity index (χ2n) is 5.15. The summed E-state index contributed by atoms with van der Waals surface area (Å²) >= 11 is 0. The largest absolute Gasteiger partial charge is 0.494 e. The molecule has 0 radical (unpaired) electrons. The maximum atomic E-state index is 13.6. The van der Waals surface area contributed by atoms with Crippen molar-refractivity contribution in [2.75, 3.05) is 40.3 Å². The molecule has 0 aliphatic carbocycles. The minimum Gasteiger partial charge on any atom is -0.494 e. The summed E-state index contributed by atoms with van der Waals surface area (Å²) in [5.74, 6) is -0.650. The Bertz CT molecular complexity index is 548. The fraction of sp³-hybridized carbons (Fsp3) is 0.467. The molecule has 21 heavy (non-hydrogen) atoms. The number of methoxy groups -OCH3 is 1. The first-order chi connectivity index (χ1) is 10.0. The lowest BCUT2D eigenvalue weighted by Crippen LogP contribution is -2.37. The molecule has 0 spiro atoms. The van der Waals surface area contributed by atoms with E-state index >= 15 is 0 Å². The van der Waals surface area contributed by atoms with Crippen LogP contribution in [0.4, 0.5) is 4.39 Å². The fourth-order valence-electron chi connectivity index (χ4n) is 2.32. The molecule has 0 atom stereocenters. The number of amides is 1. The molecule has 0 aromatic heterocycles. The summed E-state index contributed by atoms with van der Waals surface area (Å²) < 4.78 is 18.4. The number of rotatable bonds is 4. The lowest BCUT2D eigenvalue weighted by Gasteiger charge is -2.18. The first-order valence-corrected chi connectivity index (χ1v) is 6.84. The third-order valence-corrected chi connectivity index (χ3v) is 3.59. The van der Waals surface area contributed by atoms with Gasteiger partial charge in [-0.05, 0) is 24.6 Å². The number of likely N-dealkylation sites (N-methyl/N-ethyl adjacent to an activating group) is 1. The van der Waals surface area contributed by atoms with Gasteiger partial charge in [0.2, 0.25) is 5.91 Å². The van der Waals surface area contributed by atoms with Gasteiger partial charge in [-0.15, -0.1) is 0 Å². The van der Waals surface area contributed by atoms with Gasteiger partial charge in [0, 0.05) is 25.7 Å². The highest BCUT2D eigenvalue weighted by Gasteiger charge is 2.21. The van der Waals surface area contributed by atoms with Crippen molar-refractivity contribution >= 4 is 11.7 Å². The average molecular weight is 294 g/mol. The van der Waals surface area contributed by atoms with E-state index in [1.807, 2.05) is 0 Å². The number of benzene rings is 1. The smallest absolute Gasteiger partial charge is 0.236 e. The van der Waals surface area contributed by atoms with Crippen molar-refractivity contribution in [2.24, 2.45) is 0 Å². The van der Waals surface area contributed by atoms with E-state index in [0.717, 1.165) is 6.42 Å². The summed E-state index contributed by atoms with van der Waals surface area (Å²) in [6, 6.07) is 4.15. The normalized spacial score (nSPS) is 16.7. The maximum absolute atomic E-state index is 13.6. The van der Waals surface area contributed by atoms with Crippen LogP contribution in [0.2, 0.25) is 0 Å². The summed E-state index contributed by atoms with van der Waals surface area (Å²) in [6.45, 7) is 1.72. The molecule has 1 aliphatic rings. The third-order valence-electron chi connectivity index (χ3n) is 3.59. The highest BCUT2D eigenvalue weighted by atomic mass is 19.1. The third kappa shape index (κ3) is 3.78. The fourth-order valence-corrected chi connectivity index (χ4v) is 2.32. The van der Waals surface area contributed by atoms with Gasteiger partial charge in [-0.3, -0.25) is 14.5 Å². The van der Waals surface area contributed by atoms with Gasteiger partial charge in [0.1, 0.15) is 0 Å². The summed E-state index contributed by atoms with van der Waals surface area (Å²) in [5.41, 5.74) is 0.290. The predicted molar refractivity (Wildman–Crippen MR) is 76.0 cm³/mol. The molecule has 0 bridgehead atoms. The molecule has 1 aromatic carbocycles. The maximum Gasteiger partial charge on any atom is 0.236 e. The van der Waals surface area contributed by atoms with Crippen LogP contribution in [0, 0.1) is 5.82 Å². The van der Waals surface area contributed by atoms with Crippen molar-refractivity contribution in [1.29, 1.82) is 0 Å². The van der Waals surface area contributed by atoms with E-state index in [0.29, 0.717) is 18.7 Å². The number of hydrogen-bond acceptors (Lipinski definition) is 4. The average Bonchev–Trinajstić information content (AvgIpc) is 2.60. The molecule has 114 valence electrons. The van der Waals surface area contributed by atoms with Crippen LogP contribution in [0.15, 0.2) is 18.2 Å². The Labute approximate surface area is 123 Å². The number of nitrogens with zero attached hydrogens (tertiary/aromatic N) is 2. The van der Waals surface area contributed by atoms with Crippen LogP contribution in [0.1, 0.15) is 16.8 Å². The van der Waals surface area contributed by atoms with Crippen LogP contribution < -0.4 is 4.74 Å². The van der Waals surface area contributed by atoms with Crippen molar-refractivity contribution in [2.45, 2.75) is 6.42 Å². The van der Waals surface area contributed by atoms with Crippen LogP contribution >= 0.6 is 0 Å². The molecule has 2 rings (SSSR count). The van der Waals surface area contributed by atoms with Gasteiger partial charge in [0.15, 0.2) is 17.3 Å². The molecular formula is C15H19FN2O3. The quantitative estimate of drug-likeness (QED) is 0.783. The van der Waals surface area contributed by atoms with Gasteiger partial charge in [0.05, 0.1) is 20.2 Å². The zero-order chi connectivity index (χ0) is 15.4. The second-order valence-corrected chi connectivity index (χ2v) is 5.15. The lowest BCUT2D eigenvalue weighted by molar-refractivity contribution is -0.129. The number of ketones is 1. The summed E-state index contributed by atoms with van der Waals surface area (Å²) in [5, 5.41) is 0. The lowest BCUT2D eigenvalue weighted by atomic mass is 10.1. The number of carbonyl (C=O) groups is 2. The Hall–Kier alpha value is -1.95. The van der Waals surface area contributed by atoms with Crippen LogP contribution in [0.5, 0.6) is 5.75 Å². The van der Waals surface area contributed by atoms with Crippen LogP contribution in [0.3, 0.4) is 0 Å². The van der Waals surface area contributed by atoms with Gasteiger partial charge < -0.3 is 9.64 Å². The topological polar surface area (TPSA) is 49.9 Å². The highest BCUT2D eigenvalue weighted by Crippen LogP contribution is 2.18. The van der Waals surface area contributed by atoms with Crippen molar-refractivity contribution in [3.63, 3.8) is 0 Å². The first kappa shape index (κ1) is 15.4. The number of ether oxygens (including phenoxy) is 1.